The molecule has 6 heteroatoms. The zero-order valence-electron chi connectivity index (χ0n) is 10.3. The minimum atomic E-state index is -0.0189. The minimum absolute atomic E-state index is 0.0189. The lowest BCUT2D eigenvalue weighted by molar-refractivity contribution is -0.0734. The fraction of sp³-hybridized carbons (Fsp3) is 0.615. The van der Waals surface area contributed by atoms with Crippen molar-refractivity contribution in [2.75, 3.05) is 18.1 Å². The molecule has 2 atom stereocenters. The van der Waals surface area contributed by atoms with Gasteiger partial charge in [-0.25, -0.2) is 0 Å². The van der Waals surface area contributed by atoms with Gasteiger partial charge >= 0.3 is 0 Å². The number of carbonyl (C=O) groups excluding carboxylic acids is 1. The Bertz CT molecular complexity index is 475. The molecule has 104 valence electrons. The van der Waals surface area contributed by atoms with Gasteiger partial charge in [-0.2, -0.15) is 11.8 Å². The molecule has 2 fully saturated rings. The van der Waals surface area contributed by atoms with Crippen LogP contribution in [0, 0.1) is 5.92 Å². The highest BCUT2D eigenvalue weighted by Crippen LogP contribution is 2.42. The number of carbonyl (C=O) groups is 1. The van der Waals surface area contributed by atoms with Gasteiger partial charge in [-0.15, -0.1) is 11.3 Å². The van der Waals surface area contributed by atoms with Gasteiger partial charge in [0.2, 0.25) is 0 Å². The van der Waals surface area contributed by atoms with Crippen LogP contribution in [-0.2, 0) is 4.74 Å². The monoisotopic (exact) mass is 424 g/mol. The Morgan fingerprint density at radius 2 is 2.32 bits per heavy atom. The summed E-state index contributed by atoms with van der Waals surface area (Å²) in [7, 11) is 0. The van der Waals surface area contributed by atoms with Crippen molar-refractivity contribution in [3.63, 3.8) is 0 Å². The first kappa shape index (κ1) is 14.6. The van der Waals surface area contributed by atoms with Crippen molar-refractivity contribution in [3.05, 3.63) is 19.2 Å². The third-order valence-electron chi connectivity index (χ3n) is 3.82. The molecule has 2 nitrogen and oxygen atoms in total. The molecule has 0 radical (unpaired) electrons. The lowest BCUT2D eigenvalue weighted by atomic mass is 9.82. The Kier molecular flexibility index (Phi) is 4.44. The minimum Gasteiger partial charge on any atom is -0.374 e. The Balaban J connectivity index is 1.76. The zero-order chi connectivity index (χ0) is 13.5. The van der Waals surface area contributed by atoms with Crippen LogP contribution in [0.2, 0.25) is 0 Å². The van der Waals surface area contributed by atoms with E-state index in [0.717, 1.165) is 50.5 Å². The van der Waals surface area contributed by atoms with Crippen LogP contribution in [0.1, 0.15) is 28.9 Å². The maximum atomic E-state index is 12.6. The third kappa shape index (κ3) is 2.98. The van der Waals surface area contributed by atoms with E-state index in [1.165, 1.54) is 11.3 Å². The van der Waals surface area contributed by atoms with E-state index in [-0.39, 0.29) is 17.3 Å². The van der Waals surface area contributed by atoms with E-state index >= 15 is 0 Å². The molecule has 1 aromatic heterocycles. The molecule has 19 heavy (non-hydrogen) atoms. The summed E-state index contributed by atoms with van der Waals surface area (Å²) in [6.45, 7) is 0.727. The van der Waals surface area contributed by atoms with Crippen LogP contribution in [0.15, 0.2) is 14.3 Å². The van der Waals surface area contributed by atoms with Crippen LogP contribution in [0.4, 0.5) is 0 Å². The van der Waals surface area contributed by atoms with Crippen LogP contribution >= 0.6 is 55.0 Å². The van der Waals surface area contributed by atoms with Gasteiger partial charge in [0.15, 0.2) is 5.78 Å². The van der Waals surface area contributed by atoms with E-state index in [9.17, 15) is 4.79 Å². The maximum absolute atomic E-state index is 12.6. The fourth-order valence-corrected chi connectivity index (χ4v) is 6.22. The van der Waals surface area contributed by atoms with Crippen LogP contribution in [0.25, 0.3) is 0 Å². The summed E-state index contributed by atoms with van der Waals surface area (Å²) in [5, 5.41) is 0. The second kappa shape index (κ2) is 5.79. The second-order valence-electron chi connectivity index (χ2n) is 5.12. The molecule has 1 spiro atoms. The molecule has 2 saturated heterocycles. The van der Waals surface area contributed by atoms with E-state index in [1.54, 1.807) is 0 Å². The summed E-state index contributed by atoms with van der Waals surface area (Å²) < 4.78 is 7.95. The normalized spacial score (nSPS) is 30.9. The molecule has 2 aliphatic heterocycles. The lowest BCUT2D eigenvalue weighted by Crippen LogP contribution is -2.41. The van der Waals surface area contributed by atoms with E-state index in [2.05, 4.69) is 31.9 Å². The van der Waals surface area contributed by atoms with Gasteiger partial charge in [0.1, 0.15) is 0 Å². The molecular formula is C13H14Br2O2S2. The molecule has 1 aromatic rings. The number of thiophene rings is 1. The smallest absolute Gasteiger partial charge is 0.176 e. The topological polar surface area (TPSA) is 26.3 Å². The van der Waals surface area contributed by atoms with Crippen molar-refractivity contribution in [2.24, 2.45) is 5.92 Å². The molecule has 0 amide bonds. The van der Waals surface area contributed by atoms with Gasteiger partial charge in [-0.05, 0) is 62.9 Å². The van der Waals surface area contributed by atoms with E-state index in [1.807, 2.05) is 17.8 Å². The van der Waals surface area contributed by atoms with Gasteiger partial charge in [0, 0.05) is 22.8 Å². The van der Waals surface area contributed by atoms with Crippen molar-refractivity contribution in [1.29, 1.82) is 0 Å². The molecule has 0 bridgehead atoms. The summed E-state index contributed by atoms with van der Waals surface area (Å²) >= 11 is 10.4. The van der Waals surface area contributed by atoms with Crippen molar-refractivity contribution < 1.29 is 9.53 Å². The molecule has 2 unspecified atom stereocenters. The summed E-state index contributed by atoms with van der Waals surface area (Å²) in [6.07, 6.45) is 2.85. The summed E-state index contributed by atoms with van der Waals surface area (Å²) in [5.41, 5.74) is -0.0189. The van der Waals surface area contributed by atoms with Crippen molar-refractivity contribution in [3.8, 4) is 0 Å². The molecule has 0 aromatic carbocycles. The second-order valence-corrected chi connectivity index (χ2v) is 9.45. The predicted octanol–water partition coefficient (Wildman–Crippen LogP) is 4.76. The highest BCUT2D eigenvalue weighted by Gasteiger charge is 2.42. The summed E-state index contributed by atoms with van der Waals surface area (Å²) in [6, 6.07) is 1.93. The molecule has 2 aliphatic rings. The number of hydrogen-bond donors (Lipinski definition) is 0. The van der Waals surface area contributed by atoms with Crippen molar-refractivity contribution in [2.45, 2.75) is 24.9 Å². The largest absolute Gasteiger partial charge is 0.374 e. The zero-order valence-corrected chi connectivity index (χ0v) is 15.1. The molecular weight excluding hydrogens is 412 g/mol. The first-order valence-electron chi connectivity index (χ1n) is 6.30. The highest BCUT2D eigenvalue weighted by atomic mass is 79.9. The summed E-state index contributed by atoms with van der Waals surface area (Å²) in [5.74, 6) is 2.63. The number of Topliss-reactive ketones (excluding diaryl/α,β-unsaturated/α-hetero) is 1. The van der Waals surface area contributed by atoms with Crippen LogP contribution in [0.3, 0.4) is 0 Å². The fourth-order valence-electron chi connectivity index (χ4n) is 2.78. The van der Waals surface area contributed by atoms with Crippen molar-refractivity contribution >= 4 is 60.7 Å². The number of ketones is 1. The molecule has 0 aliphatic carbocycles. The molecule has 0 N–H and O–H groups in total. The quantitative estimate of drug-likeness (QED) is 0.639. The van der Waals surface area contributed by atoms with Gasteiger partial charge in [-0.3, -0.25) is 4.79 Å². The van der Waals surface area contributed by atoms with Crippen LogP contribution in [0.5, 0.6) is 0 Å². The molecule has 3 heterocycles. The van der Waals surface area contributed by atoms with Crippen molar-refractivity contribution in [1.82, 2.24) is 0 Å². The lowest BCUT2D eigenvalue weighted by Gasteiger charge is -2.37. The average Bonchev–Trinajstić information content (AvgIpc) is 2.97. The van der Waals surface area contributed by atoms with Gasteiger partial charge in [-0.1, -0.05) is 0 Å². The standard InChI is InChI=1S/C13H14Br2O2S2/c14-9-5-10(19-12(9)15)11(16)8-1-3-17-13(6-8)2-4-18-7-13/h5,8H,1-4,6-7H2. The van der Waals surface area contributed by atoms with E-state index in [4.69, 9.17) is 4.74 Å². The molecule has 3 rings (SSSR count). The Morgan fingerprint density at radius 1 is 1.47 bits per heavy atom. The average molecular weight is 426 g/mol. The number of hydrogen-bond acceptors (Lipinski definition) is 4. The maximum Gasteiger partial charge on any atom is 0.176 e. The number of halogens is 2. The Morgan fingerprint density at radius 3 is 2.95 bits per heavy atom. The predicted molar refractivity (Wildman–Crippen MR) is 87.4 cm³/mol. The Hall–Kier alpha value is 0.640. The van der Waals surface area contributed by atoms with Gasteiger partial charge < -0.3 is 4.74 Å². The number of rotatable bonds is 2. The van der Waals surface area contributed by atoms with Gasteiger partial charge in [0.25, 0.3) is 0 Å². The first-order chi connectivity index (χ1) is 9.10. The summed E-state index contributed by atoms with van der Waals surface area (Å²) in [4.78, 5) is 13.5. The number of thioether (sulfide) groups is 1. The first-order valence-corrected chi connectivity index (χ1v) is 9.86. The number of ether oxygens (including phenoxy) is 1. The SMILES string of the molecule is O=C(c1cc(Br)c(Br)s1)C1CCOC2(CCSC2)C1. The van der Waals surface area contributed by atoms with Gasteiger partial charge in [0.05, 0.1) is 14.3 Å². The van der Waals surface area contributed by atoms with Crippen LogP contribution < -0.4 is 0 Å². The highest BCUT2D eigenvalue weighted by molar-refractivity contribution is 9.13. The Labute approximate surface area is 137 Å². The van der Waals surface area contributed by atoms with Crippen LogP contribution in [-0.4, -0.2) is 29.5 Å². The molecule has 0 saturated carbocycles. The third-order valence-corrected chi connectivity index (χ3v) is 8.31. The van der Waals surface area contributed by atoms with E-state index < -0.39 is 0 Å². The van der Waals surface area contributed by atoms with E-state index in [0.29, 0.717) is 0 Å².